The number of aromatic nitrogens is 5. The quantitative estimate of drug-likeness (QED) is 0.847. The molecule has 1 aliphatic rings. The Labute approximate surface area is 122 Å². The van der Waals surface area contributed by atoms with E-state index in [1.165, 1.54) is 0 Å². The second-order valence-corrected chi connectivity index (χ2v) is 5.48. The lowest BCUT2D eigenvalue weighted by Crippen LogP contribution is -2.47. The summed E-state index contributed by atoms with van der Waals surface area (Å²) in [4.78, 5) is 15.1. The molecule has 1 atom stereocenters. The van der Waals surface area contributed by atoms with Gasteiger partial charge < -0.3 is 15.3 Å². The molecule has 0 amide bonds. The van der Waals surface area contributed by atoms with Crippen LogP contribution in [0, 0.1) is 0 Å². The first-order valence-corrected chi connectivity index (χ1v) is 6.99. The lowest BCUT2D eigenvalue weighted by molar-refractivity contribution is 0.0444. The van der Waals surface area contributed by atoms with Gasteiger partial charge in [0, 0.05) is 32.5 Å². The summed E-state index contributed by atoms with van der Waals surface area (Å²) in [6, 6.07) is 1.81. The van der Waals surface area contributed by atoms with Gasteiger partial charge in [0.25, 0.3) is 5.95 Å². The van der Waals surface area contributed by atoms with Crippen molar-refractivity contribution in [3.05, 3.63) is 18.5 Å². The molecule has 21 heavy (non-hydrogen) atoms. The Morgan fingerprint density at radius 3 is 2.76 bits per heavy atom. The maximum atomic E-state index is 10.2. The van der Waals surface area contributed by atoms with Gasteiger partial charge in [-0.3, -0.25) is 0 Å². The maximum absolute atomic E-state index is 10.2. The summed E-state index contributed by atoms with van der Waals surface area (Å²) in [5.41, 5.74) is -0.712. The van der Waals surface area contributed by atoms with Gasteiger partial charge in [-0.05, 0) is 25.8 Å². The molecular formula is C13H19N7O. The molecule has 1 saturated heterocycles. The van der Waals surface area contributed by atoms with Gasteiger partial charge in [-0.1, -0.05) is 0 Å². The van der Waals surface area contributed by atoms with Crippen molar-refractivity contribution >= 4 is 11.9 Å². The topological polar surface area (TPSA) is 92.0 Å². The van der Waals surface area contributed by atoms with Gasteiger partial charge in [0.2, 0.25) is 11.9 Å². The highest BCUT2D eigenvalue weighted by Crippen LogP contribution is 2.24. The van der Waals surface area contributed by atoms with Crippen molar-refractivity contribution in [3.8, 4) is 5.95 Å². The fraction of sp³-hybridized carbons (Fsp3) is 0.538. The Kier molecular flexibility index (Phi) is 3.46. The highest BCUT2D eigenvalue weighted by molar-refractivity contribution is 5.40. The van der Waals surface area contributed by atoms with E-state index in [9.17, 15) is 5.11 Å². The van der Waals surface area contributed by atoms with Crippen LogP contribution in [0.15, 0.2) is 18.5 Å². The Morgan fingerprint density at radius 1 is 1.29 bits per heavy atom. The molecule has 0 bridgehead atoms. The number of hydrogen-bond donors (Lipinski definition) is 2. The number of β-amino-alcohol motifs (C(OH)–C–C–N with tert-alkyl or cyclic N) is 1. The van der Waals surface area contributed by atoms with Gasteiger partial charge in [0.15, 0.2) is 0 Å². The molecule has 112 valence electrons. The van der Waals surface area contributed by atoms with Crippen molar-refractivity contribution in [1.82, 2.24) is 24.7 Å². The molecule has 0 aliphatic carbocycles. The Morgan fingerprint density at radius 2 is 2.10 bits per heavy atom. The first-order valence-electron chi connectivity index (χ1n) is 6.99. The summed E-state index contributed by atoms with van der Waals surface area (Å²) in [7, 11) is 1.76. The van der Waals surface area contributed by atoms with Crippen LogP contribution < -0.4 is 10.2 Å². The van der Waals surface area contributed by atoms with Gasteiger partial charge in [-0.15, -0.1) is 0 Å². The SMILES string of the molecule is CNc1nc(N2CCCC(C)(O)C2)nc(-n2cccn2)n1. The fourth-order valence-electron chi connectivity index (χ4n) is 2.49. The van der Waals surface area contributed by atoms with Crippen LogP contribution in [0.4, 0.5) is 11.9 Å². The summed E-state index contributed by atoms with van der Waals surface area (Å²) in [6.07, 6.45) is 5.16. The van der Waals surface area contributed by atoms with Crippen LogP contribution in [0.3, 0.4) is 0 Å². The second kappa shape index (κ2) is 5.28. The monoisotopic (exact) mass is 289 g/mol. The molecule has 2 N–H and O–H groups in total. The van der Waals surface area contributed by atoms with E-state index in [0.29, 0.717) is 24.4 Å². The van der Waals surface area contributed by atoms with Gasteiger partial charge in [0.1, 0.15) is 0 Å². The third-order valence-corrected chi connectivity index (χ3v) is 3.50. The number of anilines is 2. The van der Waals surface area contributed by atoms with E-state index in [4.69, 9.17) is 0 Å². The molecule has 1 aliphatic heterocycles. The van der Waals surface area contributed by atoms with Gasteiger partial charge in [-0.2, -0.15) is 20.1 Å². The largest absolute Gasteiger partial charge is 0.388 e. The third-order valence-electron chi connectivity index (χ3n) is 3.50. The van der Waals surface area contributed by atoms with E-state index in [-0.39, 0.29) is 0 Å². The minimum Gasteiger partial charge on any atom is -0.388 e. The van der Waals surface area contributed by atoms with Crippen molar-refractivity contribution in [1.29, 1.82) is 0 Å². The highest BCUT2D eigenvalue weighted by atomic mass is 16.3. The summed E-state index contributed by atoms with van der Waals surface area (Å²) >= 11 is 0. The first-order chi connectivity index (χ1) is 10.1. The molecule has 0 spiro atoms. The zero-order valence-electron chi connectivity index (χ0n) is 12.2. The van der Waals surface area contributed by atoms with Gasteiger partial charge in [-0.25, -0.2) is 4.68 Å². The Hall–Kier alpha value is -2.22. The van der Waals surface area contributed by atoms with Crippen LogP contribution in [0.1, 0.15) is 19.8 Å². The Balaban J connectivity index is 1.96. The fourth-order valence-corrected chi connectivity index (χ4v) is 2.49. The van der Waals surface area contributed by atoms with Crippen LogP contribution in [0.25, 0.3) is 5.95 Å². The van der Waals surface area contributed by atoms with Crippen LogP contribution >= 0.6 is 0 Å². The second-order valence-electron chi connectivity index (χ2n) is 5.48. The number of nitrogens with one attached hydrogen (secondary N) is 1. The normalized spacial score (nSPS) is 22.3. The molecular weight excluding hydrogens is 270 g/mol. The summed E-state index contributed by atoms with van der Waals surface area (Å²) in [5, 5.41) is 17.3. The minimum atomic E-state index is -0.712. The predicted octanol–water partition coefficient (Wildman–Crippen LogP) is 0.450. The molecule has 2 aromatic heterocycles. The molecule has 0 radical (unpaired) electrons. The number of rotatable bonds is 3. The molecule has 0 saturated carbocycles. The number of piperidine rings is 1. The summed E-state index contributed by atoms with van der Waals surface area (Å²) in [5.74, 6) is 1.50. The molecule has 1 fully saturated rings. The molecule has 3 rings (SSSR count). The van der Waals surface area contributed by atoms with Crippen LogP contribution in [-0.2, 0) is 0 Å². The predicted molar refractivity (Wildman–Crippen MR) is 78.6 cm³/mol. The molecule has 1 unspecified atom stereocenters. The van der Waals surface area contributed by atoms with Crippen molar-refractivity contribution < 1.29 is 5.11 Å². The van der Waals surface area contributed by atoms with Crippen molar-refractivity contribution in [2.24, 2.45) is 0 Å². The van der Waals surface area contributed by atoms with Crippen LogP contribution in [0.2, 0.25) is 0 Å². The van der Waals surface area contributed by atoms with Crippen molar-refractivity contribution in [3.63, 3.8) is 0 Å². The van der Waals surface area contributed by atoms with Gasteiger partial charge in [0.05, 0.1) is 5.60 Å². The lowest BCUT2D eigenvalue weighted by Gasteiger charge is -2.36. The standard InChI is InChI=1S/C13H19N7O/c1-13(21)5-3-7-19(9-13)11-16-10(14-2)17-12(18-11)20-8-4-6-15-20/h4,6,8,21H,3,5,7,9H2,1-2H3,(H,14,16,17,18). The first kappa shape index (κ1) is 13.7. The molecule has 3 heterocycles. The van der Waals surface area contributed by atoms with Gasteiger partial charge >= 0.3 is 0 Å². The van der Waals surface area contributed by atoms with E-state index in [1.807, 2.05) is 17.9 Å². The smallest absolute Gasteiger partial charge is 0.257 e. The van der Waals surface area contributed by atoms with Crippen LogP contribution in [0.5, 0.6) is 0 Å². The van der Waals surface area contributed by atoms with Crippen LogP contribution in [-0.4, -0.2) is 55.6 Å². The average Bonchev–Trinajstić information content (AvgIpc) is 3.00. The van der Waals surface area contributed by atoms with E-state index >= 15 is 0 Å². The zero-order valence-corrected chi connectivity index (χ0v) is 12.2. The van der Waals surface area contributed by atoms with E-state index in [0.717, 1.165) is 19.4 Å². The number of aliphatic hydroxyl groups is 1. The highest BCUT2D eigenvalue weighted by Gasteiger charge is 2.30. The Bertz CT molecular complexity index is 611. The zero-order chi connectivity index (χ0) is 14.9. The molecule has 8 heteroatoms. The molecule has 2 aromatic rings. The molecule has 8 nitrogen and oxygen atoms in total. The summed E-state index contributed by atoms with van der Waals surface area (Å²) < 4.78 is 1.59. The van der Waals surface area contributed by atoms with Crippen molar-refractivity contribution in [2.45, 2.75) is 25.4 Å². The van der Waals surface area contributed by atoms with E-state index in [1.54, 1.807) is 24.1 Å². The molecule has 0 aromatic carbocycles. The minimum absolute atomic E-state index is 0.458. The number of hydrogen-bond acceptors (Lipinski definition) is 7. The van der Waals surface area contributed by atoms with E-state index < -0.39 is 5.60 Å². The van der Waals surface area contributed by atoms with E-state index in [2.05, 4.69) is 25.4 Å². The number of nitrogens with zero attached hydrogens (tertiary/aromatic N) is 6. The lowest BCUT2D eigenvalue weighted by atomic mass is 9.95. The summed E-state index contributed by atoms with van der Waals surface area (Å²) in [6.45, 7) is 3.17. The third kappa shape index (κ3) is 2.94. The van der Waals surface area contributed by atoms with Crippen molar-refractivity contribution in [2.75, 3.05) is 30.4 Å². The average molecular weight is 289 g/mol. The maximum Gasteiger partial charge on any atom is 0.257 e.